The van der Waals surface area contributed by atoms with Crippen molar-refractivity contribution in [3.8, 4) is 45.8 Å². The maximum absolute atomic E-state index is 13.7. The van der Waals surface area contributed by atoms with Crippen LogP contribution in [0.2, 0.25) is 0 Å². The van der Waals surface area contributed by atoms with Crippen molar-refractivity contribution >= 4 is 68.9 Å². The number of aromatic hydroxyl groups is 1. The summed E-state index contributed by atoms with van der Waals surface area (Å²) in [6, 6.07) is 15.0. The zero-order valence-electron chi connectivity index (χ0n) is 47.0. The average Bonchev–Trinajstić information content (AvgIpc) is 1.35. The number of nitrogens with one attached hydrogen (secondary N) is 1. The summed E-state index contributed by atoms with van der Waals surface area (Å²) >= 11 is 0. The van der Waals surface area contributed by atoms with Gasteiger partial charge >= 0.3 is 29.4 Å². The van der Waals surface area contributed by atoms with Crippen LogP contribution < -0.4 is 21.2 Å². The highest BCUT2D eigenvalue weighted by molar-refractivity contribution is 7.67. The molecule has 3 unspecified atom stereocenters. The van der Waals surface area contributed by atoms with Crippen LogP contribution in [0.4, 0.5) is 11.5 Å². The maximum atomic E-state index is 13.7. The molecule has 0 bridgehead atoms. The summed E-state index contributed by atoms with van der Waals surface area (Å²) in [4.78, 5) is 69.5. The van der Waals surface area contributed by atoms with Gasteiger partial charge < -0.3 is 54.5 Å². The van der Waals surface area contributed by atoms with Crippen LogP contribution in [0.15, 0.2) is 100.0 Å². The number of allylic oxidation sites excluding steroid dienone is 1. The fourth-order valence-electron chi connectivity index (χ4n) is 9.75. The van der Waals surface area contributed by atoms with Gasteiger partial charge in [0.25, 0.3) is 11.6 Å². The number of aromatic carboxylic acids is 1. The number of aliphatic hydroxyl groups excluding tert-OH is 1. The first-order chi connectivity index (χ1) is 40.9. The third-order valence-electron chi connectivity index (χ3n) is 13.9. The van der Waals surface area contributed by atoms with Crippen molar-refractivity contribution in [2.24, 2.45) is 5.41 Å². The SMILES string of the molecule is CCCC1([C@H](OCc2cn(CC/C(O)=C(/COP(=O)(OC)OP(=O)(OC)OP(=O)(O)OC)OCC)c3ncnc(N)c23)c2cc(OC)c(C#CCNC(=O)c3ccc(C(=O)O)c(-c4c5ccc(=O)cc-5oc5cc(O)ccc45)c3)cc2[N+](=O)[O-])CC1. The van der Waals surface area contributed by atoms with E-state index >= 15 is 0 Å². The highest BCUT2D eigenvalue weighted by Crippen LogP contribution is 2.71. The number of anilines is 1. The maximum Gasteiger partial charge on any atom is 0.492 e. The number of nitro groups is 1. The topological polar surface area (TPSA) is 391 Å². The Morgan fingerprint density at radius 3 is 2.37 bits per heavy atom. The van der Waals surface area contributed by atoms with E-state index in [4.69, 9.17) is 37.7 Å². The molecule has 31 heteroatoms. The molecular weight excluding hydrogens is 1190 g/mol. The summed E-state index contributed by atoms with van der Waals surface area (Å²) in [6.45, 7) is 2.33. The van der Waals surface area contributed by atoms with E-state index in [1.54, 1.807) is 17.7 Å². The predicted octanol–water partition coefficient (Wildman–Crippen LogP) is 10.3. The quantitative estimate of drug-likeness (QED) is 0.00662. The number of aliphatic hydroxyl groups is 1. The second-order valence-electron chi connectivity index (χ2n) is 19.2. The number of methoxy groups -OCH3 is 1. The lowest BCUT2D eigenvalue weighted by Gasteiger charge is -2.28. The van der Waals surface area contributed by atoms with Gasteiger partial charge in [-0.15, -0.1) is 0 Å². The molecule has 1 saturated carbocycles. The van der Waals surface area contributed by atoms with Crippen LogP contribution in [0.5, 0.6) is 11.5 Å². The van der Waals surface area contributed by atoms with Crippen LogP contribution in [-0.4, -0.2) is 99.7 Å². The monoisotopic (exact) mass is 1250 g/mol. The Morgan fingerprint density at radius 2 is 1.71 bits per heavy atom. The molecule has 1 amide bonds. The lowest BCUT2D eigenvalue weighted by molar-refractivity contribution is -0.386. The molecule has 2 aromatic heterocycles. The van der Waals surface area contributed by atoms with Crippen LogP contribution in [0.25, 0.3) is 44.5 Å². The smallest absolute Gasteiger partial charge is 0.492 e. The summed E-state index contributed by atoms with van der Waals surface area (Å²) in [5.74, 6) is 3.34. The number of nitro benzene ring substituents is 1. The summed E-state index contributed by atoms with van der Waals surface area (Å²) in [5.41, 5.74) is 7.28. The van der Waals surface area contributed by atoms with Gasteiger partial charge in [-0.25, -0.2) is 28.5 Å². The van der Waals surface area contributed by atoms with Crippen molar-refractivity contribution in [2.75, 3.05) is 53.9 Å². The number of carbonyl (C=O) groups excluding carboxylic acids is 1. The van der Waals surface area contributed by atoms with Crippen molar-refractivity contribution in [2.45, 2.75) is 65.2 Å². The first-order valence-corrected chi connectivity index (χ1v) is 30.6. The average molecular weight is 1250 g/mol. The van der Waals surface area contributed by atoms with Crippen molar-refractivity contribution < 1.29 is 93.8 Å². The summed E-state index contributed by atoms with van der Waals surface area (Å²) in [7, 11) is -11.3. The Bertz CT molecular complexity index is 4040. The molecule has 28 nitrogen and oxygen atoms in total. The number of carbonyl (C=O) groups is 2. The van der Waals surface area contributed by atoms with Gasteiger partial charge in [0.1, 0.15) is 53.0 Å². The molecule has 7 N–H and O–H groups in total. The first kappa shape index (κ1) is 64.0. The minimum Gasteiger partial charge on any atom is -0.509 e. The van der Waals surface area contributed by atoms with Crippen LogP contribution in [0, 0.1) is 27.4 Å². The van der Waals surface area contributed by atoms with E-state index in [-0.39, 0.29) is 106 Å². The Morgan fingerprint density at radius 1 is 0.953 bits per heavy atom. The van der Waals surface area contributed by atoms with Crippen molar-refractivity contribution in [3.63, 3.8) is 0 Å². The number of benzene rings is 4. The number of nitrogens with zero attached hydrogens (tertiary/aromatic N) is 4. The molecule has 86 heavy (non-hydrogen) atoms. The number of nitrogen functional groups attached to an aromatic ring is 1. The minimum absolute atomic E-state index is 0.00188. The number of phenols is 1. The number of hydrogen-bond donors (Lipinski definition) is 6. The molecule has 1 fully saturated rings. The van der Waals surface area contributed by atoms with E-state index in [0.717, 1.165) is 27.8 Å². The van der Waals surface area contributed by atoms with Gasteiger partial charge in [0.05, 0.1) is 60.0 Å². The number of phosphoric acid groups is 3. The van der Waals surface area contributed by atoms with E-state index < -0.39 is 64.2 Å². The highest BCUT2D eigenvalue weighted by atomic mass is 31.3. The zero-order valence-corrected chi connectivity index (χ0v) is 49.7. The van der Waals surface area contributed by atoms with Gasteiger partial charge in [0.2, 0.25) is 0 Å². The standard InChI is InChI=1S/C55H59N6O22P3/c1-7-18-55(19-20-55)50(79-29-34-28-60(52-48(34)51(56)58-31-59-52)22-17-43(64)47(78-8-2)30-80-85(72,76-5)83-86(73,77-6)82-84(70,71)75-4)41-27-44(74-3)32(24-42(41)61(68)69)10-9-21-57-53(65)33-11-14-37(54(66)67)40(23-33)49-38-15-12-35(62)25-45(38)81-46-26-36(63)13-16-39(46)49/h11-16,23-28,31,50,62,64H,7-8,17-22,29-30H2,1-6H3,(H,57,65)(H,66,67)(H,70,71)(H2,56,58,59)/b47-43+/t50-,85?,86?/m1/s1. The van der Waals surface area contributed by atoms with Crippen molar-refractivity contribution in [1.82, 2.24) is 19.9 Å². The number of hydrogen-bond acceptors (Lipinski definition) is 23. The Labute approximate surface area is 490 Å². The molecule has 3 aliphatic rings. The van der Waals surface area contributed by atoms with E-state index in [1.807, 2.05) is 6.92 Å². The number of aromatic nitrogens is 3. The number of ether oxygens (including phenoxy) is 3. The Hall–Kier alpha value is -8.02. The lowest BCUT2D eigenvalue weighted by atomic mass is 9.87. The number of nitrogens with two attached hydrogens (primary N) is 1. The molecular formula is C55H59N6O22P3. The molecule has 456 valence electrons. The lowest BCUT2D eigenvalue weighted by Crippen LogP contribution is -2.23. The molecule has 5 aromatic rings. The van der Waals surface area contributed by atoms with E-state index in [2.05, 4.69) is 40.5 Å². The largest absolute Gasteiger partial charge is 0.509 e. The van der Waals surface area contributed by atoms with Gasteiger partial charge in [0.15, 0.2) is 11.2 Å². The number of carboxylic acids is 1. The zero-order chi connectivity index (χ0) is 62.3. The molecule has 1 aliphatic heterocycles. The van der Waals surface area contributed by atoms with Crippen LogP contribution >= 0.6 is 23.5 Å². The summed E-state index contributed by atoms with van der Waals surface area (Å²) in [6.07, 6.45) is 4.60. The molecule has 3 aromatic carbocycles. The summed E-state index contributed by atoms with van der Waals surface area (Å²) in [5, 5.41) is 48.4. The normalized spacial score (nSPS) is 15.6. The fraction of sp³-hybridized carbons (Fsp3) is 0.327. The number of amides is 1. The first-order valence-electron chi connectivity index (χ1n) is 26.2. The highest BCUT2D eigenvalue weighted by Gasteiger charge is 2.52. The van der Waals surface area contributed by atoms with Gasteiger partial charge in [-0.3, -0.25) is 37.8 Å². The number of phosphoric ester groups is 2. The van der Waals surface area contributed by atoms with E-state index in [0.29, 0.717) is 52.4 Å². The number of phenolic OH excluding ortho intramolecular Hbond substituents is 1. The number of rotatable bonds is 28. The Kier molecular flexibility index (Phi) is 19.9. The van der Waals surface area contributed by atoms with Gasteiger partial charge in [0, 0.05) is 91.7 Å². The van der Waals surface area contributed by atoms with Gasteiger partial charge in [-0.2, -0.15) is 8.62 Å². The van der Waals surface area contributed by atoms with Crippen molar-refractivity contribution in [3.05, 3.63) is 139 Å². The van der Waals surface area contributed by atoms with E-state index in [9.17, 15) is 58.4 Å². The number of carboxylic acid groups (broad SMARTS) is 1. The fourth-order valence-corrected chi connectivity index (χ4v) is 13.8. The third kappa shape index (κ3) is 14.3. The van der Waals surface area contributed by atoms with Gasteiger partial charge in [-0.1, -0.05) is 25.2 Å². The van der Waals surface area contributed by atoms with Crippen LogP contribution in [0.3, 0.4) is 0 Å². The van der Waals surface area contributed by atoms with Crippen LogP contribution in [0.1, 0.15) is 89.5 Å². The molecule has 0 spiro atoms. The summed E-state index contributed by atoms with van der Waals surface area (Å²) < 4.78 is 92.0. The molecule has 4 atom stereocenters. The van der Waals surface area contributed by atoms with E-state index in [1.165, 1.54) is 80.2 Å². The Balaban J connectivity index is 1.03. The van der Waals surface area contributed by atoms with Crippen molar-refractivity contribution in [1.29, 1.82) is 0 Å². The molecule has 8 rings (SSSR count). The molecule has 0 saturated heterocycles. The number of fused-ring (bicyclic) bond motifs is 3. The van der Waals surface area contributed by atoms with Gasteiger partial charge in [-0.05, 0) is 80.3 Å². The molecule has 0 radical (unpaired) electrons. The number of aryl methyl sites for hydroxylation is 1. The molecule has 2 aliphatic carbocycles. The van der Waals surface area contributed by atoms with Crippen LogP contribution in [-0.2, 0) is 63.0 Å². The second-order valence-corrected chi connectivity index (χ2v) is 24.6. The predicted molar refractivity (Wildman–Crippen MR) is 308 cm³/mol. The third-order valence-corrected chi connectivity index (χ3v) is 18.9. The second kappa shape index (κ2) is 26.7. The minimum atomic E-state index is -5.12. The molecule has 3 heterocycles.